The molecule has 0 atom stereocenters. The highest BCUT2D eigenvalue weighted by Crippen LogP contribution is 2.27. The summed E-state index contributed by atoms with van der Waals surface area (Å²) in [4.78, 5) is 4.26. The van der Waals surface area contributed by atoms with E-state index in [-0.39, 0.29) is 6.61 Å². The number of aliphatic hydroxyl groups excluding tert-OH is 1. The molecule has 0 saturated heterocycles. The van der Waals surface area contributed by atoms with Gasteiger partial charge in [-0.2, -0.15) is 0 Å². The average Bonchev–Trinajstić information content (AvgIpc) is 3.22. The molecule has 0 bridgehead atoms. The maximum atomic E-state index is 8.97. The molecule has 1 aromatic carbocycles. The van der Waals surface area contributed by atoms with Crippen molar-refractivity contribution in [2.45, 2.75) is 32.6 Å². The van der Waals surface area contributed by atoms with E-state index in [0.29, 0.717) is 12.3 Å². The van der Waals surface area contributed by atoms with Crippen molar-refractivity contribution in [3.63, 3.8) is 0 Å². The second kappa shape index (κ2) is 7.02. The molecule has 0 amide bonds. The molecule has 0 spiro atoms. The zero-order valence-electron chi connectivity index (χ0n) is 11.9. The smallest absolute Gasteiger partial charge is 0.140 e. The topological polar surface area (TPSA) is 54.4 Å². The van der Waals surface area contributed by atoms with Crippen molar-refractivity contribution in [3.05, 3.63) is 45.9 Å². The van der Waals surface area contributed by atoms with Crippen molar-refractivity contribution < 1.29 is 9.84 Å². The number of thiazole rings is 1. The van der Waals surface area contributed by atoms with E-state index in [1.807, 2.05) is 17.5 Å². The van der Waals surface area contributed by atoms with Gasteiger partial charge in [-0.15, -0.1) is 11.3 Å². The summed E-state index contributed by atoms with van der Waals surface area (Å²) < 4.78 is 5.70. The molecule has 1 heterocycles. The zero-order valence-corrected chi connectivity index (χ0v) is 12.7. The molecular weight excluding hydrogens is 284 g/mol. The molecule has 1 fully saturated rings. The van der Waals surface area contributed by atoms with Gasteiger partial charge in [0, 0.05) is 11.9 Å². The number of hydrogen-bond acceptors (Lipinski definition) is 5. The molecule has 1 aromatic heterocycles. The fourth-order valence-corrected chi connectivity index (χ4v) is 2.78. The van der Waals surface area contributed by atoms with Gasteiger partial charge in [-0.1, -0.05) is 12.1 Å². The minimum absolute atomic E-state index is 0.0148. The lowest BCUT2D eigenvalue weighted by molar-refractivity contribution is 0.275. The first kappa shape index (κ1) is 14.5. The fraction of sp³-hybridized carbons (Fsp3) is 0.438. The van der Waals surface area contributed by atoms with Crippen molar-refractivity contribution in [1.82, 2.24) is 10.3 Å². The fourth-order valence-electron chi connectivity index (χ4n) is 2.08. The number of hydrogen-bond donors (Lipinski definition) is 2. The summed E-state index contributed by atoms with van der Waals surface area (Å²) in [6.07, 6.45) is 2.77. The summed E-state index contributed by atoms with van der Waals surface area (Å²) in [7, 11) is 0. The number of nitrogens with zero attached hydrogens (tertiary/aromatic N) is 1. The molecule has 1 aliphatic rings. The molecule has 5 heteroatoms. The minimum atomic E-state index is -0.0148. The van der Waals surface area contributed by atoms with Gasteiger partial charge in [-0.05, 0) is 43.0 Å². The molecule has 2 N–H and O–H groups in total. The largest absolute Gasteiger partial charge is 0.486 e. The quantitative estimate of drug-likeness (QED) is 0.787. The van der Waals surface area contributed by atoms with Gasteiger partial charge < -0.3 is 15.2 Å². The summed E-state index contributed by atoms with van der Waals surface area (Å²) in [5, 5.41) is 15.2. The molecule has 2 aromatic rings. The highest BCUT2D eigenvalue weighted by atomic mass is 32.1. The lowest BCUT2D eigenvalue weighted by Gasteiger charge is -2.07. The molecule has 0 unspecified atom stereocenters. The van der Waals surface area contributed by atoms with E-state index in [2.05, 4.69) is 22.4 Å². The van der Waals surface area contributed by atoms with Gasteiger partial charge in [0.05, 0.1) is 12.3 Å². The maximum Gasteiger partial charge on any atom is 0.140 e. The van der Waals surface area contributed by atoms with Crippen LogP contribution < -0.4 is 10.1 Å². The number of ether oxygens (including phenoxy) is 1. The molecule has 0 aliphatic heterocycles. The van der Waals surface area contributed by atoms with Crippen LogP contribution in [0.15, 0.2) is 29.6 Å². The van der Waals surface area contributed by atoms with Crippen LogP contribution in [-0.4, -0.2) is 16.6 Å². The Morgan fingerprint density at radius 3 is 2.76 bits per heavy atom. The monoisotopic (exact) mass is 304 g/mol. The second-order valence-electron chi connectivity index (χ2n) is 5.40. The Balaban J connectivity index is 1.44. The SMILES string of the molecule is OCc1csc(COc2ccc(CNCC3CC3)cc2)n1. The predicted octanol–water partition coefficient (Wildman–Crippen LogP) is 2.71. The summed E-state index contributed by atoms with van der Waals surface area (Å²) in [6.45, 7) is 2.49. The van der Waals surface area contributed by atoms with E-state index in [9.17, 15) is 0 Å². The Morgan fingerprint density at radius 2 is 2.10 bits per heavy atom. The van der Waals surface area contributed by atoms with Gasteiger partial charge in [0.25, 0.3) is 0 Å². The summed E-state index contributed by atoms with van der Waals surface area (Å²) >= 11 is 1.51. The van der Waals surface area contributed by atoms with Crippen LogP contribution in [0.2, 0.25) is 0 Å². The second-order valence-corrected chi connectivity index (χ2v) is 6.34. The third-order valence-electron chi connectivity index (χ3n) is 3.51. The van der Waals surface area contributed by atoms with Crippen LogP contribution in [0.5, 0.6) is 5.75 Å². The molecule has 112 valence electrons. The average molecular weight is 304 g/mol. The first-order valence-corrected chi connectivity index (χ1v) is 8.18. The minimum Gasteiger partial charge on any atom is -0.486 e. The highest BCUT2D eigenvalue weighted by molar-refractivity contribution is 7.09. The highest BCUT2D eigenvalue weighted by Gasteiger charge is 2.19. The van der Waals surface area contributed by atoms with Crippen LogP contribution in [0.1, 0.15) is 29.1 Å². The van der Waals surface area contributed by atoms with Crippen molar-refractivity contribution in [2.24, 2.45) is 5.92 Å². The molecule has 21 heavy (non-hydrogen) atoms. The van der Waals surface area contributed by atoms with Crippen LogP contribution in [0, 0.1) is 5.92 Å². The third kappa shape index (κ3) is 4.52. The van der Waals surface area contributed by atoms with Gasteiger partial charge in [-0.25, -0.2) is 4.98 Å². The van der Waals surface area contributed by atoms with Gasteiger partial charge in [-0.3, -0.25) is 0 Å². The first-order valence-electron chi connectivity index (χ1n) is 7.30. The number of benzene rings is 1. The van der Waals surface area contributed by atoms with Crippen molar-refractivity contribution in [2.75, 3.05) is 6.54 Å². The van der Waals surface area contributed by atoms with E-state index < -0.39 is 0 Å². The Hall–Kier alpha value is -1.43. The predicted molar refractivity (Wildman–Crippen MR) is 83.2 cm³/mol. The molecule has 1 saturated carbocycles. The lowest BCUT2D eigenvalue weighted by atomic mass is 10.2. The van der Waals surface area contributed by atoms with E-state index in [4.69, 9.17) is 9.84 Å². The normalized spacial score (nSPS) is 14.3. The molecular formula is C16H20N2O2S. The Labute approximate surface area is 128 Å². The molecule has 1 aliphatic carbocycles. The van der Waals surface area contributed by atoms with Crippen molar-refractivity contribution in [1.29, 1.82) is 0 Å². The maximum absolute atomic E-state index is 8.97. The number of aromatic nitrogens is 1. The molecule has 0 radical (unpaired) electrons. The van der Waals surface area contributed by atoms with Crippen LogP contribution in [0.25, 0.3) is 0 Å². The Bertz CT molecular complexity index is 564. The zero-order chi connectivity index (χ0) is 14.5. The Kier molecular flexibility index (Phi) is 4.85. The van der Waals surface area contributed by atoms with Crippen LogP contribution in [-0.2, 0) is 19.8 Å². The van der Waals surface area contributed by atoms with E-state index in [1.54, 1.807) is 0 Å². The summed E-state index contributed by atoms with van der Waals surface area (Å²) in [5.74, 6) is 1.76. The van der Waals surface area contributed by atoms with Crippen LogP contribution in [0.4, 0.5) is 0 Å². The number of rotatable bonds is 8. The summed E-state index contributed by atoms with van der Waals surface area (Å²) in [6, 6.07) is 8.18. The molecule has 3 rings (SSSR count). The third-order valence-corrected chi connectivity index (χ3v) is 4.38. The van der Waals surface area contributed by atoms with E-state index in [1.165, 1.54) is 29.7 Å². The van der Waals surface area contributed by atoms with Gasteiger partial charge in [0.2, 0.25) is 0 Å². The lowest BCUT2D eigenvalue weighted by Crippen LogP contribution is -2.15. The Morgan fingerprint density at radius 1 is 1.29 bits per heavy atom. The first-order chi connectivity index (χ1) is 10.3. The van der Waals surface area contributed by atoms with Gasteiger partial charge in [0.1, 0.15) is 17.4 Å². The van der Waals surface area contributed by atoms with Gasteiger partial charge >= 0.3 is 0 Å². The summed E-state index contributed by atoms with van der Waals surface area (Å²) in [5.41, 5.74) is 1.98. The van der Waals surface area contributed by atoms with Gasteiger partial charge in [0.15, 0.2) is 0 Å². The van der Waals surface area contributed by atoms with Crippen LogP contribution in [0.3, 0.4) is 0 Å². The van der Waals surface area contributed by atoms with Crippen molar-refractivity contribution in [3.8, 4) is 5.75 Å². The standard InChI is InChI=1S/C16H20N2O2S/c19-9-14-11-21-16(18-14)10-20-15-5-3-13(4-6-15)8-17-7-12-1-2-12/h3-6,11-12,17,19H,1-2,7-10H2. The molecule has 4 nitrogen and oxygen atoms in total. The number of aliphatic hydroxyl groups is 1. The van der Waals surface area contributed by atoms with E-state index in [0.717, 1.165) is 29.8 Å². The number of nitrogens with one attached hydrogen (secondary N) is 1. The van der Waals surface area contributed by atoms with Crippen molar-refractivity contribution >= 4 is 11.3 Å². The van der Waals surface area contributed by atoms with E-state index >= 15 is 0 Å². The van der Waals surface area contributed by atoms with Crippen LogP contribution >= 0.6 is 11.3 Å².